The quantitative estimate of drug-likeness (QED) is 0.746. The topological polar surface area (TPSA) is 58.0 Å². The van der Waals surface area contributed by atoms with Gasteiger partial charge in [-0.15, -0.1) is 0 Å². The first-order valence-electron chi connectivity index (χ1n) is 9.94. The Kier molecular flexibility index (Phi) is 6.34. The van der Waals surface area contributed by atoms with Crippen molar-refractivity contribution in [2.24, 2.45) is 0 Å². The largest absolute Gasteiger partial charge is 0.444 e. The van der Waals surface area contributed by atoms with Crippen LogP contribution in [0.5, 0.6) is 0 Å². The fraction of sp³-hybridized carbons (Fsp3) is 0.476. The van der Waals surface area contributed by atoms with Crippen molar-refractivity contribution in [1.82, 2.24) is 4.90 Å². The lowest BCUT2D eigenvalue weighted by molar-refractivity contribution is 0.0342. The van der Waals surface area contributed by atoms with Crippen LogP contribution < -0.4 is 10.2 Å². The molecule has 0 bridgehead atoms. The summed E-state index contributed by atoms with van der Waals surface area (Å²) >= 11 is 3.25. The number of halogens is 1. The third-order valence-electron chi connectivity index (χ3n) is 5.31. The van der Waals surface area contributed by atoms with E-state index in [2.05, 4.69) is 43.2 Å². The fourth-order valence-corrected chi connectivity index (χ4v) is 4.12. The van der Waals surface area contributed by atoms with Crippen LogP contribution in [0.4, 0.5) is 11.4 Å². The summed E-state index contributed by atoms with van der Waals surface area (Å²) in [5.41, 5.74) is 3.20. The normalized spacial score (nSPS) is 18.2. The highest BCUT2D eigenvalue weighted by molar-refractivity contribution is 9.10. The van der Waals surface area contributed by atoms with E-state index in [-0.39, 0.29) is 5.91 Å². The van der Waals surface area contributed by atoms with Crippen molar-refractivity contribution >= 4 is 33.2 Å². The number of ether oxygens (including phenoxy) is 1. The Labute approximate surface area is 173 Å². The van der Waals surface area contributed by atoms with Crippen molar-refractivity contribution in [3.63, 3.8) is 0 Å². The average molecular weight is 448 g/mol. The molecule has 0 spiro atoms. The van der Waals surface area contributed by atoms with Crippen molar-refractivity contribution in [1.29, 1.82) is 0 Å². The molecule has 1 aromatic carbocycles. The Bertz CT molecular complexity index is 811. The molecule has 2 aliphatic rings. The molecule has 0 saturated carbocycles. The van der Waals surface area contributed by atoms with Crippen LogP contribution in [0.1, 0.15) is 35.4 Å². The van der Waals surface area contributed by atoms with Crippen LogP contribution in [0.15, 0.2) is 39.4 Å². The molecule has 0 radical (unpaired) electrons. The van der Waals surface area contributed by atoms with Gasteiger partial charge in [-0.2, -0.15) is 0 Å². The standard InChI is InChI=1S/C21H26BrN3O3/c22-20-7-6-19(28-20)21(26)23-17-5-4-16(15-24-10-12-27-13-11-24)14-18(17)25-8-2-1-3-9-25/h4-7,14H,1-3,8-13,15H2,(H,23,26). The van der Waals surface area contributed by atoms with Gasteiger partial charge in [0.15, 0.2) is 10.4 Å². The average Bonchev–Trinajstić information content (AvgIpc) is 3.17. The van der Waals surface area contributed by atoms with Crippen LogP contribution in [-0.2, 0) is 11.3 Å². The van der Waals surface area contributed by atoms with E-state index in [1.54, 1.807) is 12.1 Å². The number of hydrogen-bond acceptors (Lipinski definition) is 5. The number of morpholine rings is 1. The summed E-state index contributed by atoms with van der Waals surface area (Å²) in [6.45, 7) is 6.48. The Hall–Kier alpha value is -1.83. The van der Waals surface area contributed by atoms with Crippen LogP contribution >= 0.6 is 15.9 Å². The lowest BCUT2D eigenvalue weighted by Gasteiger charge is -2.32. The van der Waals surface area contributed by atoms with E-state index in [1.165, 1.54) is 24.8 Å². The maximum absolute atomic E-state index is 12.6. The van der Waals surface area contributed by atoms with E-state index in [0.717, 1.165) is 57.3 Å². The molecule has 1 N–H and O–H groups in total. The maximum atomic E-state index is 12.6. The molecule has 2 aliphatic heterocycles. The number of anilines is 2. The summed E-state index contributed by atoms with van der Waals surface area (Å²) in [6, 6.07) is 9.76. The number of piperidine rings is 1. The minimum Gasteiger partial charge on any atom is -0.444 e. The summed E-state index contributed by atoms with van der Waals surface area (Å²) in [4.78, 5) is 17.4. The zero-order chi connectivity index (χ0) is 19.3. The lowest BCUT2D eigenvalue weighted by atomic mass is 10.1. The van der Waals surface area contributed by atoms with Crippen molar-refractivity contribution < 1.29 is 13.9 Å². The predicted octanol–water partition coefficient (Wildman–Crippen LogP) is 4.12. The number of amides is 1. The molecule has 6 nitrogen and oxygen atoms in total. The van der Waals surface area contributed by atoms with Gasteiger partial charge >= 0.3 is 0 Å². The van der Waals surface area contributed by atoms with Crippen molar-refractivity contribution in [3.8, 4) is 0 Å². The Morgan fingerprint density at radius 2 is 1.82 bits per heavy atom. The summed E-state index contributed by atoms with van der Waals surface area (Å²) in [6.07, 6.45) is 3.64. The molecule has 2 fully saturated rings. The number of nitrogens with zero attached hydrogens (tertiary/aromatic N) is 2. The first-order valence-corrected chi connectivity index (χ1v) is 10.7. The van der Waals surface area contributed by atoms with Gasteiger partial charge in [0, 0.05) is 32.7 Å². The van der Waals surface area contributed by atoms with Gasteiger partial charge in [0.1, 0.15) is 0 Å². The molecule has 150 valence electrons. The molecule has 1 aromatic heterocycles. The van der Waals surface area contributed by atoms with E-state index in [0.29, 0.717) is 10.4 Å². The maximum Gasteiger partial charge on any atom is 0.291 e. The molecule has 2 aromatic rings. The minimum absolute atomic E-state index is 0.232. The second-order valence-electron chi connectivity index (χ2n) is 7.35. The zero-order valence-electron chi connectivity index (χ0n) is 16.0. The van der Waals surface area contributed by atoms with E-state index >= 15 is 0 Å². The smallest absolute Gasteiger partial charge is 0.291 e. The summed E-state index contributed by atoms with van der Waals surface area (Å²) in [5, 5.41) is 3.04. The molecule has 1 amide bonds. The number of carbonyl (C=O) groups excluding carboxylic acids is 1. The Balaban J connectivity index is 1.55. The molecule has 2 saturated heterocycles. The van der Waals surface area contributed by atoms with E-state index < -0.39 is 0 Å². The number of nitrogens with one attached hydrogen (secondary N) is 1. The molecule has 28 heavy (non-hydrogen) atoms. The molecule has 4 rings (SSSR count). The van der Waals surface area contributed by atoms with Gasteiger partial charge in [0.25, 0.3) is 5.91 Å². The predicted molar refractivity (Wildman–Crippen MR) is 113 cm³/mol. The van der Waals surface area contributed by atoms with Crippen LogP contribution in [-0.4, -0.2) is 50.2 Å². The van der Waals surface area contributed by atoms with Gasteiger partial charge in [0.05, 0.1) is 24.6 Å². The SMILES string of the molecule is O=C(Nc1ccc(CN2CCOCC2)cc1N1CCCCC1)c1ccc(Br)o1. The highest BCUT2D eigenvalue weighted by Gasteiger charge is 2.19. The minimum atomic E-state index is -0.232. The van der Waals surface area contributed by atoms with Gasteiger partial charge < -0.3 is 19.4 Å². The highest BCUT2D eigenvalue weighted by Crippen LogP contribution is 2.31. The monoisotopic (exact) mass is 447 g/mol. The fourth-order valence-electron chi connectivity index (χ4n) is 3.82. The molecule has 0 aliphatic carbocycles. The first-order chi connectivity index (χ1) is 13.7. The second kappa shape index (κ2) is 9.11. The van der Waals surface area contributed by atoms with Crippen LogP contribution in [0, 0.1) is 0 Å². The third-order valence-corrected chi connectivity index (χ3v) is 5.74. The van der Waals surface area contributed by atoms with Crippen molar-refractivity contribution in [3.05, 3.63) is 46.3 Å². The number of rotatable bonds is 5. The number of hydrogen-bond donors (Lipinski definition) is 1. The van der Waals surface area contributed by atoms with E-state index in [4.69, 9.17) is 9.15 Å². The molecule has 7 heteroatoms. The lowest BCUT2D eigenvalue weighted by Crippen LogP contribution is -2.35. The number of carbonyl (C=O) groups is 1. The van der Waals surface area contributed by atoms with Crippen LogP contribution in [0.2, 0.25) is 0 Å². The van der Waals surface area contributed by atoms with Gasteiger partial charge in [0.2, 0.25) is 0 Å². The van der Waals surface area contributed by atoms with Gasteiger partial charge in [-0.25, -0.2) is 0 Å². The first kappa shape index (κ1) is 19.5. The van der Waals surface area contributed by atoms with Gasteiger partial charge in [-0.1, -0.05) is 6.07 Å². The second-order valence-corrected chi connectivity index (χ2v) is 8.13. The Morgan fingerprint density at radius 3 is 2.54 bits per heavy atom. The molecule has 3 heterocycles. The zero-order valence-corrected chi connectivity index (χ0v) is 17.5. The van der Waals surface area contributed by atoms with Crippen LogP contribution in [0.3, 0.4) is 0 Å². The Morgan fingerprint density at radius 1 is 1.04 bits per heavy atom. The molecule has 0 unspecified atom stereocenters. The molecular formula is C21H26BrN3O3. The summed E-state index contributed by atoms with van der Waals surface area (Å²) < 4.78 is 11.4. The summed E-state index contributed by atoms with van der Waals surface area (Å²) in [7, 11) is 0. The van der Waals surface area contributed by atoms with Gasteiger partial charge in [-0.3, -0.25) is 9.69 Å². The number of benzene rings is 1. The molecular weight excluding hydrogens is 422 g/mol. The number of furan rings is 1. The van der Waals surface area contributed by atoms with E-state index in [9.17, 15) is 4.79 Å². The summed E-state index contributed by atoms with van der Waals surface area (Å²) in [5.74, 6) is 0.0683. The third kappa shape index (κ3) is 4.77. The van der Waals surface area contributed by atoms with Crippen molar-refractivity contribution in [2.45, 2.75) is 25.8 Å². The van der Waals surface area contributed by atoms with Gasteiger partial charge in [-0.05, 0) is 65.0 Å². The van der Waals surface area contributed by atoms with E-state index in [1.807, 2.05) is 6.07 Å². The highest BCUT2D eigenvalue weighted by atomic mass is 79.9. The van der Waals surface area contributed by atoms with Crippen molar-refractivity contribution in [2.75, 3.05) is 49.6 Å². The van der Waals surface area contributed by atoms with Crippen LogP contribution in [0.25, 0.3) is 0 Å². The molecule has 0 atom stereocenters.